The summed E-state index contributed by atoms with van der Waals surface area (Å²) in [5, 5.41) is 0. The Morgan fingerprint density at radius 2 is 0.470 bits per heavy atom. The van der Waals surface area contributed by atoms with Crippen LogP contribution in [0.15, 0.2) is 158 Å². The van der Waals surface area contributed by atoms with Crippen LogP contribution in [0.5, 0.6) is 0 Å². The van der Waals surface area contributed by atoms with Gasteiger partial charge in [0.2, 0.25) is 0 Å². The maximum atomic E-state index is 12.9. The van der Waals surface area contributed by atoms with E-state index in [2.05, 4.69) is 179 Å². The number of allylic oxidation sites excluding steroid dienone is 26. The molecule has 0 fully saturated rings. The van der Waals surface area contributed by atoms with Gasteiger partial charge in [0, 0.05) is 19.3 Å². The minimum absolute atomic E-state index is 0.0999. The van der Waals surface area contributed by atoms with Crippen molar-refractivity contribution in [3.8, 4) is 0 Å². The lowest BCUT2D eigenvalue weighted by Gasteiger charge is -2.18. The molecule has 83 heavy (non-hydrogen) atoms. The second-order valence-electron chi connectivity index (χ2n) is 22.0. The number of hydrogen-bond acceptors (Lipinski definition) is 6. The van der Waals surface area contributed by atoms with Crippen LogP contribution in [0.3, 0.4) is 0 Å². The Hall–Kier alpha value is -4.97. The summed E-state index contributed by atoms with van der Waals surface area (Å²) in [5.41, 5.74) is 0. The normalized spacial score (nSPS) is 13.1. The predicted octanol–water partition coefficient (Wildman–Crippen LogP) is 23.7. The van der Waals surface area contributed by atoms with Gasteiger partial charge in [-0.05, 0) is 148 Å². The first-order valence-corrected chi connectivity index (χ1v) is 34.0. The van der Waals surface area contributed by atoms with Gasteiger partial charge in [-0.1, -0.05) is 281 Å². The zero-order valence-electron chi connectivity index (χ0n) is 53.7. The number of ether oxygens (including phenoxy) is 3. The Bertz CT molecular complexity index is 1840. The van der Waals surface area contributed by atoms with E-state index in [0.29, 0.717) is 19.3 Å². The summed E-state index contributed by atoms with van der Waals surface area (Å²) in [6.07, 6.45) is 101. The lowest BCUT2D eigenvalue weighted by Crippen LogP contribution is -2.30. The minimum atomic E-state index is -0.808. The van der Waals surface area contributed by atoms with Crippen molar-refractivity contribution < 1.29 is 28.6 Å². The molecule has 0 heterocycles. The molecule has 0 bridgehead atoms. The van der Waals surface area contributed by atoms with Gasteiger partial charge in [0.05, 0.1) is 0 Å². The molecule has 0 aliphatic rings. The van der Waals surface area contributed by atoms with E-state index in [4.69, 9.17) is 14.2 Å². The Balaban J connectivity index is 4.47. The molecular weight excluding hydrogens is 1020 g/mol. The number of esters is 3. The van der Waals surface area contributed by atoms with Crippen LogP contribution in [0.4, 0.5) is 0 Å². The predicted molar refractivity (Wildman–Crippen MR) is 362 cm³/mol. The minimum Gasteiger partial charge on any atom is -0.462 e. The molecule has 6 heteroatoms. The summed E-state index contributed by atoms with van der Waals surface area (Å²) in [6.45, 7) is 6.38. The van der Waals surface area contributed by atoms with Crippen LogP contribution in [0.25, 0.3) is 0 Å². The maximum Gasteiger partial charge on any atom is 0.306 e. The molecule has 6 nitrogen and oxygen atoms in total. The third kappa shape index (κ3) is 67.7. The summed E-state index contributed by atoms with van der Waals surface area (Å²) >= 11 is 0. The molecule has 0 rings (SSSR count). The van der Waals surface area contributed by atoms with E-state index in [9.17, 15) is 14.4 Å². The molecular formula is C77H124O6. The van der Waals surface area contributed by atoms with Crippen molar-refractivity contribution in [2.24, 2.45) is 0 Å². The van der Waals surface area contributed by atoms with E-state index in [1.54, 1.807) is 0 Å². The zero-order chi connectivity index (χ0) is 59.9. The van der Waals surface area contributed by atoms with Crippen LogP contribution in [0.2, 0.25) is 0 Å². The van der Waals surface area contributed by atoms with Crippen LogP contribution in [-0.2, 0) is 28.6 Å². The Kier molecular flexibility index (Phi) is 65.4. The fourth-order valence-electron chi connectivity index (χ4n) is 8.97. The van der Waals surface area contributed by atoms with Crippen molar-refractivity contribution in [3.05, 3.63) is 158 Å². The summed E-state index contributed by atoms with van der Waals surface area (Å²) in [4.78, 5) is 38.4. The Labute approximate surface area is 511 Å². The monoisotopic (exact) mass is 1140 g/mol. The van der Waals surface area contributed by atoms with E-state index in [0.717, 1.165) is 161 Å². The summed E-state index contributed by atoms with van der Waals surface area (Å²) in [5.74, 6) is -0.943. The third-order valence-corrected chi connectivity index (χ3v) is 14.0. The van der Waals surface area contributed by atoms with Crippen LogP contribution >= 0.6 is 0 Å². The SMILES string of the molecule is CC/C=C\C/C=C\C/C=C\C/C=C\C/C=C\C/C=C\C/C=C\C/C=C\CCCCCCC(=O)OCC(COC(=O)CCCCCCCCC/C=C\CCCCCCCC)OC(=O)CCCCCCCC/C=C\C/C=C\C/C=C\C/C=C\CC. The molecule has 0 N–H and O–H groups in total. The first kappa shape index (κ1) is 78.0. The zero-order valence-corrected chi connectivity index (χ0v) is 53.7. The number of hydrogen-bond donors (Lipinski definition) is 0. The molecule has 0 aromatic carbocycles. The molecule has 0 radical (unpaired) electrons. The summed E-state index contributed by atoms with van der Waals surface area (Å²) in [7, 11) is 0. The average Bonchev–Trinajstić information content (AvgIpc) is 3.49. The highest BCUT2D eigenvalue weighted by atomic mass is 16.6. The largest absolute Gasteiger partial charge is 0.462 e. The van der Waals surface area contributed by atoms with Gasteiger partial charge in [-0.3, -0.25) is 14.4 Å². The van der Waals surface area contributed by atoms with Crippen molar-refractivity contribution in [1.29, 1.82) is 0 Å². The second kappa shape index (κ2) is 69.5. The lowest BCUT2D eigenvalue weighted by molar-refractivity contribution is -0.167. The van der Waals surface area contributed by atoms with Gasteiger partial charge in [-0.25, -0.2) is 0 Å². The van der Waals surface area contributed by atoms with Gasteiger partial charge in [0.15, 0.2) is 6.10 Å². The average molecular weight is 1150 g/mol. The highest BCUT2D eigenvalue weighted by Crippen LogP contribution is 2.15. The second-order valence-corrected chi connectivity index (χ2v) is 22.0. The van der Waals surface area contributed by atoms with Crippen LogP contribution in [0.1, 0.15) is 290 Å². The number of unbranched alkanes of at least 4 members (excludes halogenated alkanes) is 23. The van der Waals surface area contributed by atoms with Crippen molar-refractivity contribution in [2.45, 2.75) is 297 Å². The van der Waals surface area contributed by atoms with Gasteiger partial charge in [-0.15, -0.1) is 0 Å². The molecule has 0 saturated carbocycles. The summed E-state index contributed by atoms with van der Waals surface area (Å²) < 4.78 is 16.9. The van der Waals surface area contributed by atoms with Crippen LogP contribution in [0, 0.1) is 0 Å². The van der Waals surface area contributed by atoms with Gasteiger partial charge in [-0.2, -0.15) is 0 Å². The molecule has 1 atom stereocenters. The van der Waals surface area contributed by atoms with Crippen molar-refractivity contribution in [2.75, 3.05) is 13.2 Å². The van der Waals surface area contributed by atoms with E-state index in [1.165, 1.54) is 89.9 Å². The number of carbonyl (C=O) groups excluding carboxylic acids is 3. The quantitative estimate of drug-likeness (QED) is 0.0261. The fourth-order valence-corrected chi connectivity index (χ4v) is 8.97. The first-order chi connectivity index (χ1) is 41.0. The van der Waals surface area contributed by atoms with E-state index >= 15 is 0 Å². The van der Waals surface area contributed by atoms with Crippen molar-refractivity contribution in [1.82, 2.24) is 0 Å². The lowest BCUT2D eigenvalue weighted by atomic mass is 10.1. The van der Waals surface area contributed by atoms with Crippen LogP contribution in [-0.4, -0.2) is 37.2 Å². The number of carbonyl (C=O) groups is 3. The van der Waals surface area contributed by atoms with Crippen molar-refractivity contribution in [3.63, 3.8) is 0 Å². The van der Waals surface area contributed by atoms with Gasteiger partial charge in [0.1, 0.15) is 13.2 Å². The molecule has 0 amide bonds. The molecule has 0 aliphatic heterocycles. The highest BCUT2D eigenvalue weighted by Gasteiger charge is 2.19. The topological polar surface area (TPSA) is 78.9 Å². The van der Waals surface area contributed by atoms with Gasteiger partial charge < -0.3 is 14.2 Å². The fraction of sp³-hybridized carbons (Fsp3) is 0.623. The molecule has 0 spiro atoms. The first-order valence-electron chi connectivity index (χ1n) is 34.0. The van der Waals surface area contributed by atoms with Crippen molar-refractivity contribution >= 4 is 17.9 Å². The molecule has 0 aromatic rings. The molecule has 0 saturated heterocycles. The smallest absolute Gasteiger partial charge is 0.306 e. The van der Waals surface area contributed by atoms with Gasteiger partial charge >= 0.3 is 17.9 Å². The van der Waals surface area contributed by atoms with Crippen LogP contribution < -0.4 is 0 Å². The number of rotatable bonds is 60. The maximum absolute atomic E-state index is 12.9. The Morgan fingerprint density at radius 3 is 0.747 bits per heavy atom. The molecule has 1 unspecified atom stereocenters. The highest BCUT2D eigenvalue weighted by molar-refractivity contribution is 5.71. The Morgan fingerprint density at radius 1 is 0.253 bits per heavy atom. The van der Waals surface area contributed by atoms with E-state index in [-0.39, 0.29) is 31.1 Å². The molecule has 0 aromatic heterocycles. The summed E-state index contributed by atoms with van der Waals surface area (Å²) in [6, 6.07) is 0. The van der Waals surface area contributed by atoms with E-state index in [1.807, 2.05) is 0 Å². The van der Waals surface area contributed by atoms with E-state index < -0.39 is 6.10 Å². The third-order valence-electron chi connectivity index (χ3n) is 14.0. The standard InChI is InChI=1S/C77H124O6/c1-4-7-10-13-16-19-22-25-28-31-33-34-35-36-37-38-39-40-41-42-44-46-49-52-55-58-61-64-67-70-76(79)82-73-74(72-81-75(78)69-66-63-60-57-54-51-48-45-30-27-24-21-18-15-12-9-6-3)83-77(80)71-68-65-62-59-56-53-50-47-43-32-29-26-23-20-17-14-11-8-5-2/h7-8,10-11,16-17,19-20,25-30,33-34,36-37,39-40,42-44,47,49,52,74H,4-6,9,12-15,18,21-24,31-32,35,38,41,45-46,48,50-51,53-73H2,1-3H3/b10-7-,11-8-,19-16-,20-17-,28-25-,29-26-,30-27-,34-33-,37-36-,40-39-,44-42-,47-43-,52-49-. The molecule has 468 valence electrons. The van der Waals surface area contributed by atoms with Gasteiger partial charge in [0.25, 0.3) is 0 Å². The molecule has 0 aliphatic carbocycles.